The third-order valence-corrected chi connectivity index (χ3v) is 7.00. The molecule has 0 saturated heterocycles. The van der Waals surface area contributed by atoms with Gasteiger partial charge in [-0.1, -0.05) is 97.1 Å². The van der Waals surface area contributed by atoms with Crippen LogP contribution in [0.15, 0.2) is 140 Å². The lowest BCUT2D eigenvalue weighted by Gasteiger charge is -2.19. The highest BCUT2D eigenvalue weighted by molar-refractivity contribution is 6.50. The van der Waals surface area contributed by atoms with Crippen molar-refractivity contribution in [3.63, 3.8) is 0 Å². The molecular formula is C36H27N5. The number of hydrogen-bond donors (Lipinski definition) is 3. The average molecular weight is 530 g/mol. The fourth-order valence-corrected chi connectivity index (χ4v) is 5.16. The third-order valence-electron chi connectivity index (χ3n) is 7.00. The highest BCUT2D eigenvalue weighted by Gasteiger charge is 2.18. The van der Waals surface area contributed by atoms with E-state index in [0.717, 1.165) is 33.3 Å². The van der Waals surface area contributed by atoms with Crippen LogP contribution in [0.25, 0.3) is 49.6 Å². The lowest BCUT2D eigenvalue weighted by atomic mass is 9.84. The number of fused-ring (bicyclic) bond motifs is 2. The SMILES string of the molecule is N=C1C=CC(c2c3ccccc3c(-c3ccccc3)c3ccccc23)=CC1=N.Nc1cccc(-c2ccccn2)n1. The summed E-state index contributed by atoms with van der Waals surface area (Å²) in [7, 11) is 0. The topological polar surface area (TPSA) is 99.5 Å². The first kappa shape index (κ1) is 25.6. The number of nitrogen functional groups attached to an aromatic ring is 1. The first-order valence-corrected chi connectivity index (χ1v) is 13.3. The Morgan fingerprint density at radius 1 is 0.512 bits per heavy atom. The van der Waals surface area contributed by atoms with Crippen molar-refractivity contribution in [3.05, 3.63) is 145 Å². The number of hydrogen-bond acceptors (Lipinski definition) is 5. The predicted molar refractivity (Wildman–Crippen MR) is 171 cm³/mol. The van der Waals surface area contributed by atoms with Crippen molar-refractivity contribution in [2.75, 3.05) is 5.73 Å². The van der Waals surface area contributed by atoms with Crippen LogP contribution in [0, 0.1) is 10.8 Å². The van der Waals surface area contributed by atoms with Gasteiger partial charge in [-0.3, -0.25) is 15.8 Å². The normalized spacial score (nSPS) is 12.6. The molecule has 4 aromatic carbocycles. The summed E-state index contributed by atoms with van der Waals surface area (Å²) in [5.41, 5.74) is 12.2. The molecule has 196 valence electrons. The number of rotatable bonds is 3. The fraction of sp³-hybridized carbons (Fsp3) is 0. The zero-order valence-electron chi connectivity index (χ0n) is 22.3. The zero-order chi connectivity index (χ0) is 28.2. The van der Waals surface area contributed by atoms with Crippen molar-refractivity contribution >= 4 is 44.4 Å². The Bertz CT molecular complexity index is 1920. The van der Waals surface area contributed by atoms with Gasteiger partial charge < -0.3 is 5.73 Å². The average Bonchev–Trinajstić information content (AvgIpc) is 3.02. The number of aromatic nitrogens is 2. The van der Waals surface area contributed by atoms with Gasteiger partial charge in [0.1, 0.15) is 5.82 Å². The largest absolute Gasteiger partial charge is 0.384 e. The molecule has 0 saturated carbocycles. The molecule has 1 aliphatic rings. The molecule has 0 unspecified atom stereocenters. The summed E-state index contributed by atoms with van der Waals surface area (Å²) in [5.74, 6) is 0.517. The van der Waals surface area contributed by atoms with E-state index < -0.39 is 0 Å². The molecule has 0 amide bonds. The Morgan fingerprint density at radius 2 is 1.10 bits per heavy atom. The van der Waals surface area contributed by atoms with E-state index in [1.807, 2.05) is 42.5 Å². The van der Waals surface area contributed by atoms with E-state index in [0.29, 0.717) is 5.82 Å². The quantitative estimate of drug-likeness (QED) is 0.159. The summed E-state index contributed by atoms with van der Waals surface area (Å²) in [6, 6.07) is 38.7. The highest BCUT2D eigenvalue weighted by atomic mass is 14.9. The van der Waals surface area contributed by atoms with Gasteiger partial charge in [0.05, 0.1) is 22.8 Å². The van der Waals surface area contributed by atoms with Gasteiger partial charge in [-0.25, -0.2) is 4.98 Å². The van der Waals surface area contributed by atoms with Crippen LogP contribution in [0.2, 0.25) is 0 Å². The van der Waals surface area contributed by atoms with E-state index in [-0.39, 0.29) is 11.4 Å². The Kier molecular flexibility index (Phi) is 6.99. The molecule has 0 fully saturated rings. The molecule has 6 aromatic rings. The first-order chi connectivity index (χ1) is 20.1. The smallest absolute Gasteiger partial charge is 0.124 e. The van der Waals surface area contributed by atoms with Crippen molar-refractivity contribution in [3.8, 4) is 22.5 Å². The van der Waals surface area contributed by atoms with Gasteiger partial charge in [0, 0.05) is 6.20 Å². The second kappa shape index (κ2) is 11.2. The molecule has 2 aromatic heterocycles. The number of allylic oxidation sites excluding steroid dienone is 4. The molecule has 0 bridgehead atoms. The minimum Gasteiger partial charge on any atom is -0.384 e. The van der Waals surface area contributed by atoms with E-state index in [2.05, 4.69) is 82.8 Å². The van der Waals surface area contributed by atoms with Gasteiger partial charge >= 0.3 is 0 Å². The molecule has 2 heterocycles. The molecule has 41 heavy (non-hydrogen) atoms. The van der Waals surface area contributed by atoms with Crippen LogP contribution < -0.4 is 5.73 Å². The van der Waals surface area contributed by atoms with Crippen molar-refractivity contribution in [1.29, 1.82) is 10.8 Å². The minimum atomic E-state index is 0.248. The molecule has 0 spiro atoms. The maximum Gasteiger partial charge on any atom is 0.124 e. The molecule has 7 rings (SSSR count). The molecule has 0 radical (unpaired) electrons. The minimum absolute atomic E-state index is 0.248. The molecular weight excluding hydrogens is 502 g/mol. The van der Waals surface area contributed by atoms with Crippen LogP contribution in [0.5, 0.6) is 0 Å². The summed E-state index contributed by atoms with van der Waals surface area (Å²) in [6.45, 7) is 0. The van der Waals surface area contributed by atoms with Crippen LogP contribution in [0.1, 0.15) is 5.56 Å². The van der Waals surface area contributed by atoms with E-state index in [4.69, 9.17) is 16.6 Å². The molecule has 4 N–H and O–H groups in total. The van der Waals surface area contributed by atoms with Crippen molar-refractivity contribution in [1.82, 2.24) is 9.97 Å². The van der Waals surface area contributed by atoms with E-state index in [1.165, 1.54) is 21.9 Å². The van der Waals surface area contributed by atoms with Crippen LogP contribution >= 0.6 is 0 Å². The van der Waals surface area contributed by atoms with Crippen LogP contribution in [0.3, 0.4) is 0 Å². The maximum atomic E-state index is 8.12. The number of nitrogens with one attached hydrogen (secondary N) is 2. The fourth-order valence-electron chi connectivity index (χ4n) is 5.16. The Morgan fingerprint density at radius 3 is 1.68 bits per heavy atom. The summed E-state index contributed by atoms with van der Waals surface area (Å²) in [4.78, 5) is 8.33. The summed E-state index contributed by atoms with van der Waals surface area (Å²) >= 11 is 0. The second-order valence-corrected chi connectivity index (χ2v) is 9.63. The van der Waals surface area contributed by atoms with Gasteiger partial charge in [-0.15, -0.1) is 0 Å². The summed E-state index contributed by atoms with van der Waals surface area (Å²) < 4.78 is 0. The monoisotopic (exact) mass is 529 g/mol. The Labute approximate surface area is 238 Å². The van der Waals surface area contributed by atoms with E-state index >= 15 is 0 Å². The molecule has 5 nitrogen and oxygen atoms in total. The van der Waals surface area contributed by atoms with Gasteiger partial charge in [-0.05, 0) is 80.2 Å². The molecule has 5 heteroatoms. The third kappa shape index (κ3) is 5.16. The van der Waals surface area contributed by atoms with Gasteiger partial charge in [-0.2, -0.15) is 0 Å². The number of anilines is 1. The van der Waals surface area contributed by atoms with Gasteiger partial charge in [0.2, 0.25) is 0 Å². The highest BCUT2D eigenvalue weighted by Crippen LogP contribution is 2.42. The lowest BCUT2D eigenvalue weighted by Crippen LogP contribution is -2.10. The van der Waals surface area contributed by atoms with Crippen LogP contribution in [-0.4, -0.2) is 21.4 Å². The molecule has 0 aliphatic heterocycles. The van der Waals surface area contributed by atoms with Crippen molar-refractivity contribution < 1.29 is 0 Å². The van der Waals surface area contributed by atoms with Gasteiger partial charge in [0.15, 0.2) is 0 Å². The maximum absolute atomic E-state index is 8.12. The Hall–Kier alpha value is -5.68. The van der Waals surface area contributed by atoms with Gasteiger partial charge in [0.25, 0.3) is 0 Å². The Balaban J connectivity index is 0.000000195. The van der Waals surface area contributed by atoms with E-state index in [9.17, 15) is 0 Å². The molecule has 0 atom stereocenters. The number of benzene rings is 4. The standard InChI is InChI=1S/C26H18N2.C10H9N3/c27-23-15-14-18(16-24(23)28)26-21-12-6-4-10-19(21)25(17-8-2-1-3-9-17)20-11-5-7-13-22(20)26;11-10-6-3-5-9(13-10)8-4-1-2-7-12-8/h1-16,27-28H;1-7H,(H2,11,13). The predicted octanol–water partition coefficient (Wildman–Crippen LogP) is 8.38. The van der Waals surface area contributed by atoms with Crippen LogP contribution in [0.4, 0.5) is 5.82 Å². The van der Waals surface area contributed by atoms with Crippen molar-refractivity contribution in [2.24, 2.45) is 0 Å². The zero-order valence-corrected chi connectivity index (χ0v) is 22.3. The summed E-state index contributed by atoms with van der Waals surface area (Å²) in [5, 5.41) is 20.7. The van der Waals surface area contributed by atoms with Crippen LogP contribution in [-0.2, 0) is 0 Å². The second-order valence-electron chi connectivity index (χ2n) is 9.63. The number of nitrogens with two attached hydrogens (primary N) is 1. The lowest BCUT2D eigenvalue weighted by molar-refractivity contribution is 1.25. The number of pyridine rings is 2. The number of nitrogens with zero attached hydrogens (tertiary/aromatic N) is 2. The molecule has 1 aliphatic carbocycles. The first-order valence-electron chi connectivity index (χ1n) is 13.3. The van der Waals surface area contributed by atoms with E-state index in [1.54, 1.807) is 24.4 Å². The van der Waals surface area contributed by atoms with Crippen molar-refractivity contribution in [2.45, 2.75) is 0 Å². The summed E-state index contributed by atoms with van der Waals surface area (Å²) in [6.07, 6.45) is 7.21.